The van der Waals surface area contributed by atoms with Crippen LogP contribution in [0.25, 0.3) is 0 Å². The summed E-state index contributed by atoms with van der Waals surface area (Å²) in [5.74, 6) is 1.56. The van der Waals surface area contributed by atoms with E-state index < -0.39 is 0 Å². The number of nitrogens with zero attached hydrogens (tertiary/aromatic N) is 3. The molecule has 0 spiro atoms. The van der Waals surface area contributed by atoms with Crippen LogP contribution in [0, 0.1) is 6.92 Å². The molecule has 0 saturated carbocycles. The van der Waals surface area contributed by atoms with Gasteiger partial charge in [0.25, 0.3) is 5.91 Å². The number of aromatic nitrogens is 2. The second-order valence-corrected chi connectivity index (χ2v) is 7.78. The van der Waals surface area contributed by atoms with Gasteiger partial charge < -0.3 is 10.2 Å². The van der Waals surface area contributed by atoms with E-state index in [-0.39, 0.29) is 5.91 Å². The Morgan fingerprint density at radius 3 is 2.55 bits per heavy atom. The number of aryl methyl sites for hydroxylation is 1. The first-order valence-corrected chi connectivity index (χ1v) is 10.6. The summed E-state index contributed by atoms with van der Waals surface area (Å²) >= 11 is 1.58. The smallest absolute Gasteiger partial charge is 0.251 e. The van der Waals surface area contributed by atoms with E-state index in [1.807, 2.05) is 69.4 Å². The molecule has 0 aliphatic heterocycles. The minimum atomic E-state index is -0.0454. The summed E-state index contributed by atoms with van der Waals surface area (Å²) in [5, 5.41) is 3.57. The molecule has 0 atom stereocenters. The van der Waals surface area contributed by atoms with Crippen LogP contribution in [0.2, 0.25) is 0 Å². The highest BCUT2D eigenvalue weighted by Gasteiger charge is 2.10. The molecule has 0 fully saturated rings. The molecule has 6 heteroatoms. The number of benzene rings is 2. The molecule has 5 nitrogen and oxygen atoms in total. The number of carbonyl (C=O) groups excluding carboxylic acids is 1. The normalized spacial score (nSPS) is 10.6. The zero-order chi connectivity index (χ0) is 20.6. The first-order chi connectivity index (χ1) is 14.0. The first-order valence-electron chi connectivity index (χ1n) is 9.66. The molecule has 0 aliphatic carbocycles. The van der Waals surface area contributed by atoms with E-state index in [4.69, 9.17) is 4.98 Å². The monoisotopic (exact) mass is 406 g/mol. The maximum atomic E-state index is 12.0. The molecule has 1 amide bonds. The van der Waals surface area contributed by atoms with Gasteiger partial charge >= 0.3 is 0 Å². The summed E-state index contributed by atoms with van der Waals surface area (Å²) in [6, 6.07) is 20.0. The van der Waals surface area contributed by atoms with E-state index in [9.17, 15) is 4.79 Å². The fraction of sp³-hybridized carbons (Fsp3) is 0.261. The minimum Gasteiger partial charge on any atom is -0.355 e. The molecule has 0 aliphatic rings. The molecular weight excluding hydrogens is 380 g/mol. The Labute approximate surface area is 176 Å². The van der Waals surface area contributed by atoms with Crippen molar-refractivity contribution in [1.29, 1.82) is 0 Å². The van der Waals surface area contributed by atoms with Crippen LogP contribution in [0.4, 0.5) is 5.82 Å². The Morgan fingerprint density at radius 2 is 1.79 bits per heavy atom. The van der Waals surface area contributed by atoms with Gasteiger partial charge in [0.2, 0.25) is 0 Å². The van der Waals surface area contributed by atoms with Gasteiger partial charge in [-0.05, 0) is 37.1 Å². The standard InChI is InChI=1S/C23H26N4OS/c1-4-24-22(28)20-12-8-11-19(14-20)16-29-23-25-17(2)13-21(26-23)27(3)15-18-9-6-5-7-10-18/h5-14H,4,15-16H2,1-3H3,(H,24,28). The van der Waals surface area contributed by atoms with Crippen LogP contribution in [-0.2, 0) is 12.3 Å². The van der Waals surface area contributed by atoms with E-state index in [1.54, 1.807) is 11.8 Å². The third-order valence-electron chi connectivity index (χ3n) is 4.37. The van der Waals surface area contributed by atoms with E-state index in [1.165, 1.54) is 5.56 Å². The van der Waals surface area contributed by atoms with E-state index in [0.717, 1.165) is 28.8 Å². The summed E-state index contributed by atoms with van der Waals surface area (Å²) in [5.41, 5.74) is 3.93. The number of nitrogens with one attached hydrogen (secondary N) is 1. The van der Waals surface area contributed by atoms with Crippen LogP contribution in [0.15, 0.2) is 65.8 Å². The summed E-state index contributed by atoms with van der Waals surface area (Å²) in [7, 11) is 2.04. The Hall–Kier alpha value is -2.86. The van der Waals surface area contributed by atoms with Crippen molar-refractivity contribution in [3.8, 4) is 0 Å². The van der Waals surface area contributed by atoms with Crippen molar-refractivity contribution in [1.82, 2.24) is 15.3 Å². The van der Waals surface area contributed by atoms with Crippen LogP contribution in [-0.4, -0.2) is 29.5 Å². The lowest BCUT2D eigenvalue weighted by Crippen LogP contribution is -2.22. The zero-order valence-electron chi connectivity index (χ0n) is 17.1. The number of amides is 1. The average molecular weight is 407 g/mol. The highest BCUT2D eigenvalue weighted by molar-refractivity contribution is 7.98. The molecule has 0 radical (unpaired) electrons. The second kappa shape index (κ2) is 10.1. The van der Waals surface area contributed by atoms with Crippen molar-refractivity contribution in [2.24, 2.45) is 0 Å². The summed E-state index contributed by atoms with van der Waals surface area (Å²) in [4.78, 5) is 23.5. The van der Waals surface area contributed by atoms with Gasteiger partial charge in [-0.25, -0.2) is 9.97 Å². The predicted molar refractivity (Wildman–Crippen MR) is 119 cm³/mol. The van der Waals surface area contributed by atoms with Crippen molar-refractivity contribution in [2.75, 3.05) is 18.5 Å². The van der Waals surface area contributed by atoms with Crippen LogP contribution in [0.3, 0.4) is 0 Å². The number of rotatable bonds is 8. The molecule has 3 rings (SSSR count). The van der Waals surface area contributed by atoms with Gasteiger partial charge in [0.05, 0.1) is 0 Å². The quantitative estimate of drug-likeness (QED) is 0.442. The molecular formula is C23H26N4OS. The fourth-order valence-electron chi connectivity index (χ4n) is 2.94. The highest BCUT2D eigenvalue weighted by Crippen LogP contribution is 2.23. The van der Waals surface area contributed by atoms with Gasteiger partial charge in [0.15, 0.2) is 5.16 Å². The van der Waals surface area contributed by atoms with Gasteiger partial charge in [-0.2, -0.15) is 0 Å². The topological polar surface area (TPSA) is 58.1 Å². The first kappa shape index (κ1) is 20.9. The predicted octanol–water partition coefficient (Wildman–Crippen LogP) is 4.46. The van der Waals surface area contributed by atoms with Crippen molar-refractivity contribution < 1.29 is 4.79 Å². The maximum absolute atomic E-state index is 12.0. The lowest BCUT2D eigenvalue weighted by atomic mass is 10.1. The van der Waals surface area contributed by atoms with Gasteiger partial charge in [-0.3, -0.25) is 4.79 Å². The van der Waals surface area contributed by atoms with Gasteiger partial charge in [0.1, 0.15) is 5.82 Å². The van der Waals surface area contributed by atoms with Crippen molar-refractivity contribution >= 4 is 23.5 Å². The molecule has 1 aromatic heterocycles. The molecule has 0 unspecified atom stereocenters. The lowest BCUT2D eigenvalue weighted by molar-refractivity contribution is 0.0955. The van der Waals surface area contributed by atoms with Crippen molar-refractivity contribution in [3.63, 3.8) is 0 Å². The molecule has 3 aromatic rings. The Morgan fingerprint density at radius 1 is 1.03 bits per heavy atom. The van der Waals surface area contributed by atoms with Crippen LogP contribution < -0.4 is 10.2 Å². The molecule has 0 saturated heterocycles. The molecule has 1 N–H and O–H groups in total. The largest absolute Gasteiger partial charge is 0.355 e. The third-order valence-corrected chi connectivity index (χ3v) is 5.29. The number of hydrogen-bond acceptors (Lipinski definition) is 5. The van der Waals surface area contributed by atoms with Gasteiger partial charge in [-0.1, -0.05) is 54.2 Å². The SMILES string of the molecule is CCNC(=O)c1cccc(CSc2nc(C)cc(N(C)Cc3ccccc3)n2)c1. The van der Waals surface area contributed by atoms with Crippen molar-refractivity contribution in [2.45, 2.75) is 31.3 Å². The van der Waals surface area contributed by atoms with Crippen LogP contribution >= 0.6 is 11.8 Å². The minimum absolute atomic E-state index is 0.0454. The van der Waals surface area contributed by atoms with Crippen molar-refractivity contribution in [3.05, 3.63) is 83.0 Å². The Balaban J connectivity index is 1.69. The summed E-state index contributed by atoms with van der Waals surface area (Å²) in [6.45, 7) is 5.31. The molecule has 1 heterocycles. The summed E-state index contributed by atoms with van der Waals surface area (Å²) in [6.07, 6.45) is 0. The van der Waals surface area contributed by atoms with Gasteiger partial charge in [-0.15, -0.1) is 0 Å². The van der Waals surface area contributed by atoms with Crippen LogP contribution in [0.5, 0.6) is 0 Å². The molecule has 0 bridgehead atoms. The van der Waals surface area contributed by atoms with E-state index >= 15 is 0 Å². The number of anilines is 1. The maximum Gasteiger partial charge on any atom is 0.251 e. The van der Waals surface area contributed by atoms with Gasteiger partial charge in [0, 0.05) is 43.2 Å². The molecule has 150 valence electrons. The van der Waals surface area contributed by atoms with E-state index in [2.05, 4.69) is 27.3 Å². The third kappa shape index (κ3) is 6.06. The lowest BCUT2D eigenvalue weighted by Gasteiger charge is -2.19. The fourth-order valence-corrected chi connectivity index (χ4v) is 3.78. The second-order valence-electron chi connectivity index (χ2n) is 6.84. The summed E-state index contributed by atoms with van der Waals surface area (Å²) < 4.78 is 0. The average Bonchev–Trinajstić information content (AvgIpc) is 2.73. The highest BCUT2D eigenvalue weighted by atomic mass is 32.2. The van der Waals surface area contributed by atoms with E-state index in [0.29, 0.717) is 17.9 Å². The molecule has 29 heavy (non-hydrogen) atoms. The van der Waals surface area contributed by atoms with Crippen LogP contribution in [0.1, 0.15) is 34.1 Å². The Bertz CT molecular complexity index is 962. The number of carbonyl (C=O) groups is 1. The Kier molecular flexibility index (Phi) is 7.25. The zero-order valence-corrected chi connectivity index (χ0v) is 17.9. The number of thioether (sulfide) groups is 1. The molecule has 2 aromatic carbocycles. The number of hydrogen-bond donors (Lipinski definition) is 1.